The van der Waals surface area contributed by atoms with E-state index in [0.29, 0.717) is 5.57 Å². The third kappa shape index (κ3) is 47.0. The van der Waals surface area contributed by atoms with E-state index in [1.807, 2.05) is 32.1 Å². The topological polar surface area (TPSA) is 79.9 Å². The number of allylic oxidation sites excluding steroid dienone is 1. The van der Waals surface area contributed by atoms with Crippen molar-refractivity contribution in [3.8, 4) is 5.92 Å². The van der Waals surface area contributed by atoms with Crippen molar-refractivity contribution in [2.45, 2.75) is 6.92 Å². The second-order valence-corrected chi connectivity index (χ2v) is 2.16. The van der Waals surface area contributed by atoms with E-state index in [1.165, 1.54) is 6.08 Å². The molecule has 1 N–H and O–H groups in total. The zero-order valence-corrected chi connectivity index (χ0v) is 13.2. The number of aliphatic hydroxyl groups is 1. The SMILES string of the molecule is [C-]#C/C(C)=C\CO.[C-]#[O+].[C-]#[O+].[C-]#[O+].[CH]1[CH][CH][CH][CH]1.[W+2]. The molecule has 1 aliphatic rings. The van der Waals surface area contributed by atoms with Crippen molar-refractivity contribution in [3.05, 3.63) is 70.1 Å². The van der Waals surface area contributed by atoms with Crippen molar-refractivity contribution >= 4 is 0 Å². The molecule has 0 unspecified atom stereocenters. The fourth-order valence-corrected chi connectivity index (χ4v) is 0.509. The van der Waals surface area contributed by atoms with Gasteiger partial charge in [-0.05, 0) is 32.1 Å². The van der Waals surface area contributed by atoms with Gasteiger partial charge in [0.05, 0.1) is 0 Å². The summed E-state index contributed by atoms with van der Waals surface area (Å²) in [6.45, 7) is 15.2. The Kier molecular flexibility index (Phi) is 70.6. The molecule has 5 heteroatoms. The molecule has 5 radical (unpaired) electrons. The molecule has 0 atom stereocenters. The Labute approximate surface area is 130 Å². The van der Waals surface area contributed by atoms with Crippen molar-refractivity contribution in [2.24, 2.45) is 0 Å². The Balaban J connectivity index is -0.0000000482. The van der Waals surface area contributed by atoms with Gasteiger partial charge in [0.1, 0.15) is 0 Å². The van der Waals surface area contributed by atoms with Crippen LogP contribution in [0.1, 0.15) is 6.92 Å². The Morgan fingerprint density at radius 1 is 1.00 bits per heavy atom. The summed E-state index contributed by atoms with van der Waals surface area (Å²) in [5, 5.41) is 8.17. The molecule has 1 fully saturated rings. The van der Waals surface area contributed by atoms with Gasteiger partial charge in [0.25, 0.3) is 0 Å². The van der Waals surface area contributed by atoms with Crippen LogP contribution >= 0.6 is 0 Å². The average Bonchev–Trinajstić information content (AvgIpc) is 3.05. The van der Waals surface area contributed by atoms with Crippen molar-refractivity contribution in [1.82, 2.24) is 0 Å². The number of hydrogen-bond acceptors (Lipinski definition) is 1. The van der Waals surface area contributed by atoms with Gasteiger partial charge in [-0.1, -0.05) is 6.92 Å². The van der Waals surface area contributed by atoms with Crippen LogP contribution in [-0.2, 0) is 35.0 Å². The van der Waals surface area contributed by atoms with Crippen molar-refractivity contribution in [1.29, 1.82) is 0 Å². The first-order chi connectivity index (χ1) is 8.81. The van der Waals surface area contributed by atoms with Crippen LogP contribution in [0.4, 0.5) is 0 Å². The third-order valence-electron chi connectivity index (χ3n) is 1.15. The predicted molar refractivity (Wildman–Crippen MR) is 61.3 cm³/mol. The molecule has 97 valence electrons. The smallest absolute Gasteiger partial charge is 0.0312 e. The van der Waals surface area contributed by atoms with Gasteiger partial charge in [-0.25, -0.2) is 0 Å². The van der Waals surface area contributed by atoms with Crippen LogP contribution in [-0.4, -0.2) is 11.7 Å². The Morgan fingerprint density at radius 3 is 1.37 bits per heavy atom. The maximum absolute atomic E-state index is 8.17. The monoisotopic (exact) mass is 428 g/mol. The molecule has 19 heavy (non-hydrogen) atoms. The van der Waals surface area contributed by atoms with Gasteiger partial charge in [0.2, 0.25) is 0 Å². The molecular formula is C14H12O4W+. The Bertz CT molecular complexity index is 246. The van der Waals surface area contributed by atoms with E-state index in [-0.39, 0.29) is 27.7 Å². The van der Waals surface area contributed by atoms with E-state index >= 15 is 0 Å². The molecule has 0 aromatic heterocycles. The quantitative estimate of drug-likeness (QED) is 0.383. The molecule has 0 aromatic carbocycles. The minimum absolute atomic E-state index is 0. The van der Waals surface area contributed by atoms with Crippen LogP contribution in [0.2, 0.25) is 0 Å². The van der Waals surface area contributed by atoms with Crippen LogP contribution in [0.25, 0.3) is 0 Å². The maximum atomic E-state index is 8.17. The predicted octanol–water partition coefficient (Wildman–Crippen LogP) is 1.42. The molecular weight excluding hydrogens is 416 g/mol. The Hall–Kier alpha value is -0.832. The fourth-order valence-electron chi connectivity index (χ4n) is 0.509. The summed E-state index contributed by atoms with van der Waals surface area (Å²) in [4.78, 5) is 0. The Morgan fingerprint density at radius 2 is 1.26 bits per heavy atom. The van der Waals surface area contributed by atoms with Crippen LogP contribution in [0, 0.1) is 64.4 Å². The average molecular weight is 428 g/mol. The largest absolute Gasteiger partial charge is 2.00 e. The summed E-state index contributed by atoms with van der Waals surface area (Å²) in [5.74, 6) is 2.12. The normalized spacial score (nSPS) is 10.6. The van der Waals surface area contributed by atoms with E-state index < -0.39 is 0 Å². The number of aliphatic hydroxyl groups excluding tert-OH is 1. The van der Waals surface area contributed by atoms with Gasteiger partial charge < -0.3 is 11.5 Å². The van der Waals surface area contributed by atoms with Crippen LogP contribution in [0.15, 0.2) is 11.6 Å². The molecule has 1 saturated carbocycles. The van der Waals surface area contributed by atoms with E-state index in [0.717, 1.165) is 0 Å². The van der Waals surface area contributed by atoms with E-state index in [4.69, 9.17) is 25.5 Å². The van der Waals surface area contributed by atoms with Crippen LogP contribution < -0.4 is 0 Å². The van der Waals surface area contributed by atoms with Gasteiger partial charge in [0, 0.05) is 6.61 Å². The van der Waals surface area contributed by atoms with E-state index in [9.17, 15) is 0 Å². The molecule has 0 heterocycles. The van der Waals surface area contributed by atoms with Crippen molar-refractivity contribution < 1.29 is 40.1 Å². The minimum Gasteiger partial charge on any atom is -0.0312 e. The fraction of sp³-hybridized carbons (Fsp3) is 0.143. The summed E-state index contributed by atoms with van der Waals surface area (Å²) >= 11 is 0. The van der Waals surface area contributed by atoms with Gasteiger partial charge in [-0.2, -0.15) is 5.57 Å². The first-order valence-electron chi connectivity index (χ1n) is 4.29. The van der Waals surface area contributed by atoms with Crippen molar-refractivity contribution in [2.75, 3.05) is 6.61 Å². The summed E-state index contributed by atoms with van der Waals surface area (Å²) in [5.41, 5.74) is 0.669. The third-order valence-corrected chi connectivity index (χ3v) is 1.15. The summed E-state index contributed by atoms with van der Waals surface area (Å²) < 4.78 is 22.5. The molecule has 0 aromatic rings. The summed E-state index contributed by atoms with van der Waals surface area (Å²) in [7, 11) is 0. The van der Waals surface area contributed by atoms with Crippen LogP contribution in [0.5, 0.6) is 0 Å². The zero-order valence-electron chi connectivity index (χ0n) is 10.3. The van der Waals surface area contributed by atoms with Gasteiger partial charge in [0.15, 0.2) is 0 Å². The molecule has 4 nitrogen and oxygen atoms in total. The zero-order chi connectivity index (χ0) is 15.2. The molecule has 0 saturated heterocycles. The molecule has 0 aliphatic heterocycles. The number of hydrogen-bond donors (Lipinski definition) is 1. The molecule has 0 bridgehead atoms. The van der Waals surface area contributed by atoms with Gasteiger partial charge in [-0.3, -0.25) is 5.92 Å². The van der Waals surface area contributed by atoms with Crippen molar-refractivity contribution in [3.63, 3.8) is 0 Å². The maximum Gasteiger partial charge on any atom is 2.00 e. The summed E-state index contributed by atoms with van der Waals surface area (Å²) in [6, 6.07) is 0. The molecule has 1 aliphatic carbocycles. The van der Waals surface area contributed by atoms with E-state index in [2.05, 4.69) is 25.9 Å². The summed E-state index contributed by atoms with van der Waals surface area (Å²) in [6.07, 6.45) is 18.0. The minimum atomic E-state index is -0.00227. The van der Waals surface area contributed by atoms with Gasteiger partial charge in [-0.15, -0.1) is 6.08 Å². The molecule has 1 rings (SSSR count). The van der Waals surface area contributed by atoms with Crippen LogP contribution in [0.3, 0.4) is 0 Å². The molecule has 0 amide bonds. The first-order valence-corrected chi connectivity index (χ1v) is 4.29. The standard InChI is InChI=1S/C6H7O.C5H5.3CO.W/c1-3-6(2)4-5-7;1-2-4-5-3-1;3*1-2;/h4,7H,5H2,2H3;1-5H;;;;/q-1;;;;;+2/b6-4-;;;;;. The van der Waals surface area contributed by atoms with Gasteiger partial charge >= 0.3 is 55.0 Å². The second-order valence-electron chi connectivity index (χ2n) is 2.16. The number of rotatable bonds is 1. The molecule has 0 spiro atoms. The second kappa shape index (κ2) is 43.4. The first kappa shape index (κ1) is 30.9. The van der Waals surface area contributed by atoms with E-state index in [1.54, 1.807) is 6.92 Å².